The molecule has 0 spiro atoms. The largest absolute Gasteiger partial charge is 0.481 e. The molecule has 2 aliphatic rings. The van der Waals surface area contributed by atoms with Gasteiger partial charge in [0, 0.05) is 12.1 Å². The highest BCUT2D eigenvalue weighted by Gasteiger charge is 2.37. The maximum atomic E-state index is 10.8. The quantitative estimate of drug-likeness (QED) is 0.716. The summed E-state index contributed by atoms with van der Waals surface area (Å²) >= 11 is 0. The number of hydrogen-bond acceptors (Lipinski definition) is 3. The number of piperidine rings is 1. The molecule has 4 nitrogen and oxygen atoms in total. The molecule has 2 atom stereocenters. The van der Waals surface area contributed by atoms with Gasteiger partial charge in [-0.15, -0.1) is 0 Å². The summed E-state index contributed by atoms with van der Waals surface area (Å²) < 4.78 is 0. The van der Waals surface area contributed by atoms with Gasteiger partial charge in [-0.3, -0.25) is 4.79 Å². The summed E-state index contributed by atoms with van der Waals surface area (Å²) in [7, 11) is 2.14. The highest BCUT2D eigenvalue weighted by molar-refractivity contribution is 5.72. The first-order valence-corrected chi connectivity index (χ1v) is 5.84. The summed E-state index contributed by atoms with van der Waals surface area (Å²) in [4.78, 5) is 13.2. The molecule has 1 saturated carbocycles. The number of aliphatic carboxylic acids is 1. The molecule has 2 fully saturated rings. The zero-order valence-electron chi connectivity index (χ0n) is 9.28. The number of carboxylic acid groups (broad SMARTS) is 1. The topological polar surface area (TPSA) is 52.6 Å². The molecule has 1 aliphatic heterocycles. The van der Waals surface area contributed by atoms with Crippen molar-refractivity contribution in [1.29, 1.82) is 0 Å². The minimum absolute atomic E-state index is 0.135. The Balaban J connectivity index is 1.75. The van der Waals surface area contributed by atoms with E-state index in [1.165, 1.54) is 0 Å². The standard InChI is InChI=1S/C11H20N2O2/c1-13-6-4-8(5-7-13)12-10-3-2-9(10)11(14)15/h8-10,12H,2-7H2,1H3,(H,14,15). The van der Waals surface area contributed by atoms with Crippen molar-refractivity contribution in [3.05, 3.63) is 0 Å². The second-order valence-corrected chi connectivity index (χ2v) is 4.87. The van der Waals surface area contributed by atoms with Crippen LogP contribution in [0.4, 0.5) is 0 Å². The Morgan fingerprint density at radius 2 is 1.93 bits per heavy atom. The predicted octanol–water partition coefficient (Wildman–Crippen LogP) is 0.533. The fourth-order valence-corrected chi connectivity index (χ4v) is 2.47. The summed E-state index contributed by atoms with van der Waals surface area (Å²) in [5.74, 6) is -0.767. The van der Waals surface area contributed by atoms with Crippen LogP contribution < -0.4 is 5.32 Å². The first kappa shape index (κ1) is 10.9. The van der Waals surface area contributed by atoms with Gasteiger partial charge in [-0.25, -0.2) is 0 Å². The maximum absolute atomic E-state index is 10.8. The van der Waals surface area contributed by atoms with Crippen molar-refractivity contribution in [1.82, 2.24) is 10.2 Å². The molecule has 2 N–H and O–H groups in total. The Morgan fingerprint density at radius 1 is 1.27 bits per heavy atom. The Bertz CT molecular complexity index is 237. The van der Waals surface area contributed by atoms with Crippen molar-refractivity contribution >= 4 is 5.97 Å². The fraction of sp³-hybridized carbons (Fsp3) is 0.909. The SMILES string of the molecule is CN1CCC(NC2CCC2C(=O)O)CC1. The third-order valence-electron chi connectivity index (χ3n) is 3.76. The Kier molecular flexibility index (Phi) is 3.26. The molecule has 0 amide bonds. The van der Waals surface area contributed by atoms with Crippen molar-refractivity contribution in [2.45, 2.75) is 37.8 Å². The molecule has 86 valence electrons. The van der Waals surface area contributed by atoms with Crippen molar-refractivity contribution in [2.24, 2.45) is 5.92 Å². The predicted molar refractivity (Wildman–Crippen MR) is 57.8 cm³/mol. The van der Waals surface area contributed by atoms with Gasteiger partial charge >= 0.3 is 5.97 Å². The van der Waals surface area contributed by atoms with E-state index in [-0.39, 0.29) is 12.0 Å². The maximum Gasteiger partial charge on any atom is 0.308 e. The first-order chi connectivity index (χ1) is 7.16. The molecule has 1 aliphatic carbocycles. The number of rotatable bonds is 3. The second kappa shape index (κ2) is 4.49. The lowest BCUT2D eigenvalue weighted by molar-refractivity contribution is -0.146. The van der Waals surface area contributed by atoms with Crippen molar-refractivity contribution in [3.8, 4) is 0 Å². The van der Waals surface area contributed by atoms with Crippen LogP contribution in [0.5, 0.6) is 0 Å². The average molecular weight is 212 g/mol. The number of carboxylic acids is 1. The smallest absolute Gasteiger partial charge is 0.308 e. The normalized spacial score (nSPS) is 33.7. The van der Waals surface area contributed by atoms with Gasteiger partial charge in [0.1, 0.15) is 0 Å². The number of nitrogens with one attached hydrogen (secondary N) is 1. The monoisotopic (exact) mass is 212 g/mol. The molecule has 4 heteroatoms. The van der Waals surface area contributed by atoms with E-state index in [9.17, 15) is 4.79 Å². The molecule has 0 aromatic heterocycles. The molecule has 0 bridgehead atoms. The summed E-state index contributed by atoms with van der Waals surface area (Å²) in [6, 6.07) is 0.768. The molecule has 0 aromatic rings. The van der Waals surface area contributed by atoms with Crippen molar-refractivity contribution in [2.75, 3.05) is 20.1 Å². The van der Waals surface area contributed by atoms with E-state index < -0.39 is 5.97 Å². The lowest BCUT2D eigenvalue weighted by atomic mass is 9.79. The van der Waals surface area contributed by atoms with Crippen LogP contribution in [0.25, 0.3) is 0 Å². The lowest BCUT2D eigenvalue weighted by Gasteiger charge is -2.39. The van der Waals surface area contributed by atoms with Gasteiger partial charge < -0.3 is 15.3 Å². The van der Waals surface area contributed by atoms with E-state index in [0.717, 1.165) is 38.8 Å². The third-order valence-corrected chi connectivity index (χ3v) is 3.76. The van der Waals surface area contributed by atoms with E-state index in [4.69, 9.17) is 5.11 Å². The fourth-order valence-electron chi connectivity index (χ4n) is 2.47. The number of nitrogens with zero attached hydrogens (tertiary/aromatic N) is 1. The van der Waals surface area contributed by atoms with Crippen LogP contribution in [0.3, 0.4) is 0 Å². The minimum Gasteiger partial charge on any atom is -0.481 e. The molecule has 1 heterocycles. The van der Waals surface area contributed by atoms with Gasteiger partial charge in [0.2, 0.25) is 0 Å². The first-order valence-electron chi connectivity index (χ1n) is 5.84. The van der Waals surface area contributed by atoms with E-state index in [2.05, 4.69) is 17.3 Å². The van der Waals surface area contributed by atoms with Crippen LogP contribution in [0, 0.1) is 5.92 Å². The van der Waals surface area contributed by atoms with Crippen LogP contribution in [0.15, 0.2) is 0 Å². The molecule has 0 radical (unpaired) electrons. The Hall–Kier alpha value is -0.610. The van der Waals surface area contributed by atoms with Gasteiger partial charge in [0.05, 0.1) is 5.92 Å². The van der Waals surface area contributed by atoms with Gasteiger partial charge in [-0.2, -0.15) is 0 Å². The van der Waals surface area contributed by atoms with Crippen LogP contribution in [-0.4, -0.2) is 48.2 Å². The summed E-state index contributed by atoms with van der Waals surface area (Å²) in [6.45, 7) is 2.25. The zero-order chi connectivity index (χ0) is 10.8. The van der Waals surface area contributed by atoms with E-state index in [0.29, 0.717) is 6.04 Å². The van der Waals surface area contributed by atoms with Gasteiger partial charge in [0.15, 0.2) is 0 Å². The molecule has 0 aromatic carbocycles. The van der Waals surface area contributed by atoms with E-state index in [1.807, 2.05) is 0 Å². The molecule has 15 heavy (non-hydrogen) atoms. The van der Waals surface area contributed by atoms with E-state index >= 15 is 0 Å². The zero-order valence-corrected chi connectivity index (χ0v) is 9.28. The molecule has 2 rings (SSSR count). The third kappa shape index (κ3) is 2.49. The highest BCUT2D eigenvalue weighted by Crippen LogP contribution is 2.28. The van der Waals surface area contributed by atoms with Gasteiger partial charge in [0.25, 0.3) is 0 Å². The molecule has 1 saturated heterocycles. The van der Waals surface area contributed by atoms with Crippen LogP contribution in [-0.2, 0) is 4.79 Å². The molecule has 2 unspecified atom stereocenters. The summed E-state index contributed by atoms with van der Waals surface area (Å²) in [6.07, 6.45) is 4.18. The Morgan fingerprint density at radius 3 is 2.40 bits per heavy atom. The molecular formula is C11H20N2O2. The van der Waals surface area contributed by atoms with Gasteiger partial charge in [-0.05, 0) is 45.8 Å². The van der Waals surface area contributed by atoms with E-state index in [1.54, 1.807) is 0 Å². The Labute approximate surface area is 90.6 Å². The number of likely N-dealkylation sites (tertiary alicyclic amines) is 1. The average Bonchev–Trinajstić information content (AvgIpc) is 2.14. The van der Waals surface area contributed by atoms with Crippen LogP contribution in [0.2, 0.25) is 0 Å². The summed E-state index contributed by atoms with van der Waals surface area (Å²) in [5, 5.41) is 12.4. The highest BCUT2D eigenvalue weighted by atomic mass is 16.4. The van der Waals surface area contributed by atoms with Crippen molar-refractivity contribution in [3.63, 3.8) is 0 Å². The van der Waals surface area contributed by atoms with Gasteiger partial charge in [-0.1, -0.05) is 0 Å². The second-order valence-electron chi connectivity index (χ2n) is 4.87. The van der Waals surface area contributed by atoms with Crippen molar-refractivity contribution < 1.29 is 9.90 Å². The minimum atomic E-state index is -0.633. The van der Waals surface area contributed by atoms with Crippen LogP contribution >= 0.6 is 0 Å². The lowest BCUT2D eigenvalue weighted by Crippen LogP contribution is -2.53. The number of hydrogen-bond donors (Lipinski definition) is 2. The van der Waals surface area contributed by atoms with Crippen LogP contribution in [0.1, 0.15) is 25.7 Å². The number of carbonyl (C=O) groups is 1. The summed E-state index contributed by atoms with van der Waals surface area (Å²) in [5.41, 5.74) is 0. The molecular weight excluding hydrogens is 192 g/mol.